The van der Waals surface area contributed by atoms with Crippen LogP contribution in [0.15, 0.2) is 6.20 Å². The first kappa shape index (κ1) is 17.7. The standard InChI is InChI=1S/C13H18F3N5OS/c1-9-7-17-10(20(9)2)8-21(5-4-6-22-3)12-18-11(19-23-12)13(14,15)16/h7H,4-6,8H2,1-3H3. The first-order valence-corrected chi connectivity index (χ1v) is 7.72. The zero-order valence-electron chi connectivity index (χ0n) is 13.1. The second-order valence-electron chi connectivity index (χ2n) is 5.04. The van der Waals surface area contributed by atoms with Gasteiger partial charge in [-0.3, -0.25) is 0 Å². The van der Waals surface area contributed by atoms with Crippen LogP contribution in [0.1, 0.15) is 23.8 Å². The van der Waals surface area contributed by atoms with Gasteiger partial charge in [-0.25, -0.2) is 4.98 Å². The van der Waals surface area contributed by atoms with Crippen molar-refractivity contribution in [2.75, 3.05) is 25.2 Å². The van der Waals surface area contributed by atoms with Crippen LogP contribution in [0.25, 0.3) is 0 Å². The van der Waals surface area contributed by atoms with Crippen molar-refractivity contribution in [2.24, 2.45) is 7.05 Å². The van der Waals surface area contributed by atoms with Crippen molar-refractivity contribution in [2.45, 2.75) is 26.1 Å². The molecule has 0 saturated heterocycles. The van der Waals surface area contributed by atoms with Crippen molar-refractivity contribution in [1.29, 1.82) is 0 Å². The third-order valence-corrected chi connectivity index (χ3v) is 4.14. The van der Waals surface area contributed by atoms with Crippen molar-refractivity contribution < 1.29 is 17.9 Å². The summed E-state index contributed by atoms with van der Waals surface area (Å²) in [5, 5.41) is 0.231. The lowest BCUT2D eigenvalue weighted by atomic mass is 10.4. The largest absolute Gasteiger partial charge is 0.452 e. The summed E-state index contributed by atoms with van der Waals surface area (Å²) in [7, 11) is 3.45. The van der Waals surface area contributed by atoms with Gasteiger partial charge >= 0.3 is 6.18 Å². The fraction of sp³-hybridized carbons (Fsp3) is 0.615. The highest BCUT2D eigenvalue weighted by Gasteiger charge is 2.36. The lowest BCUT2D eigenvalue weighted by Crippen LogP contribution is -2.26. The molecule has 2 heterocycles. The van der Waals surface area contributed by atoms with Crippen LogP contribution in [0.2, 0.25) is 0 Å². The van der Waals surface area contributed by atoms with Gasteiger partial charge in [0.15, 0.2) is 0 Å². The Labute approximate surface area is 136 Å². The Kier molecular flexibility index (Phi) is 5.58. The Morgan fingerprint density at radius 3 is 2.65 bits per heavy atom. The minimum absolute atomic E-state index is 0.231. The summed E-state index contributed by atoms with van der Waals surface area (Å²) in [4.78, 5) is 9.66. The predicted molar refractivity (Wildman–Crippen MR) is 80.4 cm³/mol. The van der Waals surface area contributed by atoms with E-state index in [2.05, 4.69) is 14.3 Å². The van der Waals surface area contributed by atoms with Crippen LogP contribution in [0.5, 0.6) is 0 Å². The van der Waals surface area contributed by atoms with E-state index in [9.17, 15) is 13.2 Å². The van der Waals surface area contributed by atoms with Crippen LogP contribution in [-0.2, 0) is 24.5 Å². The Bertz CT molecular complexity index is 640. The monoisotopic (exact) mass is 349 g/mol. The maximum Gasteiger partial charge on any atom is 0.452 e. The molecule has 0 aliphatic carbocycles. The molecule has 0 aliphatic rings. The number of anilines is 1. The van der Waals surface area contributed by atoms with E-state index in [0.717, 1.165) is 23.1 Å². The quantitative estimate of drug-likeness (QED) is 0.719. The Morgan fingerprint density at radius 1 is 1.39 bits per heavy atom. The van der Waals surface area contributed by atoms with Gasteiger partial charge in [0.1, 0.15) is 5.82 Å². The molecule has 0 aromatic carbocycles. The zero-order chi connectivity index (χ0) is 17.0. The molecule has 128 valence electrons. The molecule has 0 aliphatic heterocycles. The van der Waals surface area contributed by atoms with Gasteiger partial charge in [0.2, 0.25) is 11.0 Å². The summed E-state index contributed by atoms with van der Waals surface area (Å²) in [5.74, 6) is -0.353. The van der Waals surface area contributed by atoms with Gasteiger partial charge in [0.05, 0.1) is 6.54 Å². The number of alkyl halides is 3. The number of imidazole rings is 1. The number of methoxy groups -OCH3 is 1. The van der Waals surface area contributed by atoms with Gasteiger partial charge in [-0.15, -0.1) is 0 Å². The second-order valence-corrected chi connectivity index (χ2v) is 5.77. The van der Waals surface area contributed by atoms with Crippen molar-refractivity contribution in [1.82, 2.24) is 18.9 Å². The number of hydrogen-bond acceptors (Lipinski definition) is 6. The Morgan fingerprint density at radius 2 is 2.13 bits per heavy atom. The number of rotatable bonds is 7. The summed E-state index contributed by atoms with van der Waals surface area (Å²) >= 11 is 0.741. The summed E-state index contributed by atoms with van der Waals surface area (Å²) in [5.41, 5.74) is 0.977. The smallest absolute Gasteiger partial charge is 0.385 e. The molecule has 0 unspecified atom stereocenters. The summed E-state index contributed by atoms with van der Waals surface area (Å²) in [6, 6.07) is 0. The molecule has 0 amide bonds. The molecular weight excluding hydrogens is 331 g/mol. The Hall–Kier alpha value is -1.68. The van der Waals surface area contributed by atoms with Crippen molar-refractivity contribution in [3.05, 3.63) is 23.5 Å². The van der Waals surface area contributed by atoms with Crippen LogP contribution in [0, 0.1) is 6.92 Å². The third kappa shape index (κ3) is 4.41. The molecule has 0 N–H and O–H groups in total. The van der Waals surface area contributed by atoms with E-state index < -0.39 is 12.0 Å². The molecule has 0 radical (unpaired) electrons. The number of aryl methyl sites for hydroxylation is 1. The number of hydrogen-bond donors (Lipinski definition) is 0. The minimum Gasteiger partial charge on any atom is -0.385 e. The van der Waals surface area contributed by atoms with Crippen molar-refractivity contribution in [3.63, 3.8) is 0 Å². The molecule has 0 fully saturated rings. The van der Waals surface area contributed by atoms with E-state index >= 15 is 0 Å². The number of nitrogens with zero attached hydrogens (tertiary/aromatic N) is 5. The fourth-order valence-corrected chi connectivity index (χ4v) is 2.67. The molecule has 0 saturated carbocycles. The van der Waals surface area contributed by atoms with Gasteiger partial charge < -0.3 is 14.2 Å². The second kappa shape index (κ2) is 7.26. The number of ether oxygens (including phenoxy) is 1. The fourth-order valence-electron chi connectivity index (χ4n) is 1.96. The molecule has 6 nitrogen and oxygen atoms in total. The average molecular weight is 349 g/mol. The summed E-state index contributed by atoms with van der Waals surface area (Å²) < 4.78 is 48.4. The van der Waals surface area contributed by atoms with Gasteiger partial charge in [-0.05, 0) is 13.3 Å². The van der Waals surface area contributed by atoms with E-state index in [1.54, 1.807) is 18.2 Å². The molecule has 2 aromatic rings. The maximum absolute atomic E-state index is 12.7. The summed E-state index contributed by atoms with van der Waals surface area (Å²) in [6.07, 6.45) is -2.14. The minimum atomic E-state index is -4.53. The van der Waals surface area contributed by atoms with Crippen LogP contribution < -0.4 is 4.90 Å². The predicted octanol–water partition coefficient (Wildman–Crippen LogP) is 2.64. The van der Waals surface area contributed by atoms with Crippen LogP contribution in [-0.4, -0.2) is 39.2 Å². The van der Waals surface area contributed by atoms with Crippen molar-refractivity contribution >= 4 is 16.7 Å². The van der Waals surface area contributed by atoms with Crippen LogP contribution in [0.4, 0.5) is 18.3 Å². The molecule has 2 rings (SSSR count). The topological polar surface area (TPSA) is 56.1 Å². The number of halogens is 3. The lowest BCUT2D eigenvalue weighted by Gasteiger charge is -2.21. The zero-order valence-corrected chi connectivity index (χ0v) is 13.9. The highest BCUT2D eigenvalue weighted by Crippen LogP contribution is 2.30. The van der Waals surface area contributed by atoms with Gasteiger partial charge in [0, 0.05) is 50.7 Å². The Balaban J connectivity index is 2.19. The number of aromatic nitrogens is 4. The molecular formula is C13H18F3N5OS. The molecule has 0 bridgehead atoms. The molecule has 2 aromatic heterocycles. The van der Waals surface area contributed by atoms with E-state index in [4.69, 9.17) is 4.74 Å². The van der Waals surface area contributed by atoms with Crippen molar-refractivity contribution in [3.8, 4) is 0 Å². The van der Waals surface area contributed by atoms with E-state index in [1.165, 1.54) is 0 Å². The van der Waals surface area contributed by atoms with E-state index in [1.807, 2.05) is 18.5 Å². The SMILES string of the molecule is COCCCN(Cc1ncc(C)n1C)c1nc(C(F)(F)F)ns1. The van der Waals surface area contributed by atoms with E-state index in [-0.39, 0.29) is 5.13 Å². The molecule has 23 heavy (non-hydrogen) atoms. The molecule has 0 atom stereocenters. The van der Waals surface area contributed by atoms with Gasteiger partial charge in [-0.2, -0.15) is 22.5 Å². The first-order valence-electron chi connectivity index (χ1n) is 6.95. The highest BCUT2D eigenvalue weighted by molar-refractivity contribution is 7.09. The summed E-state index contributed by atoms with van der Waals surface area (Å²) in [6.45, 7) is 3.30. The van der Waals surface area contributed by atoms with Crippen LogP contribution in [0.3, 0.4) is 0 Å². The van der Waals surface area contributed by atoms with E-state index in [0.29, 0.717) is 26.1 Å². The molecule has 0 spiro atoms. The lowest BCUT2D eigenvalue weighted by molar-refractivity contribution is -0.144. The average Bonchev–Trinajstić information content (AvgIpc) is 3.08. The first-order chi connectivity index (χ1) is 10.8. The van der Waals surface area contributed by atoms with Gasteiger partial charge in [0.25, 0.3) is 0 Å². The molecule has 10 heteroatoms. The normalized spacial score (nSPS) is 11.9. The third-order valence-electron chi connectivity index (χ3n) is 3.36. The highest BCUT2D eigenvalue weighted by atomic mass is 32.1. The maximum atomic E-state index is 12.7. The van der Waals surface area contributed by atoms with Gasteiger partial charge in [-0.1, -0.05) is 0 Å². The van der Waals surface area contributed by atoms with Crippen LogP contribution >= 0.6 is 11.5 Å².